The molecule has 1 aromatic carbocycles. The number of hydrogen-bond donors (Lipinski definition) is 2. The van der Waals surface area contributed by atoms with Crippen molar-refractivity contribution in [3.8, 4) is 0 Å². The van der Waals surface area contributed by atoms with Gasteiger partial charge >= 0.3 is 0 Å². The van der Waals surface area contributed by atoms with Crippen molar-refractivity contribution in [3.05, 3.63) is 52.2 Å². The van der Waals surface area contributed by atoms with Crippen LogP contribution in [0.3, 0.4) is 0 Å². The van der Waals surface area contributed by atoms with E-state index in [1.54, 1.807) is 11.3 Å². The van der Waals surface area contributed by atoms with Crippen LogP contribution in [-0.4, -0.2) is 12.5 Å². The van der Waals surface area contributed by atoms with Gasteiger partial charge in [0.15, 0.2) is 0 Å². The van der Waals surface area contributed by atoms with E-state index in [0.717, 1.165) is 12.2 Å². The molecule has 3 nitrogen and oxygen atoms in total. The fourth-order valence-electron chi connectivity index (χ4n) is 1.63. The van der Waals surface area contributed by atoms with E-state index in [4.69, 9.17) is 0 Å². The molecule has 0 aliphatic heterocycles. The Balaban J connectivity index is 2.01. The fourth-order valence-corrected chi connectivity index (χ4v) is 2.30. The second-order valence-electron chi connectivity index (χ2n) is 3.93. The monoisotopic (exact) mass is 260 g/mol. The van der Waals surface area contributed by atoms with Crippen molar-refractivity contribution in [1.29, 1.82) is 0 Å². The Morgan fingerprint density at radius 2 is 2.22 bits per heavy atom. The number of carbonyl (C=O) groups excluding carboxylic acids is 1. The Kier molecular flexibility index (Phi) is 4.36. The van der Waals surface area contributed by atoms with Crippen LogP contribution < -0.4 is 10.6 Å². The molecule has 0 spiro atoms. The molecule has 0 radical (unpaired) electrons. The van der Waals surface area contributed by atoms with Gasteiger partial charge in [-0.05, 0) is 47.5 Å². The Hall–Kier alpha value is -1.81. The Morgan fingerprint density at radius 3 is 2.94 bits per heavy atom. The van der Waals surface area contributed by atoms with Crippen molar-refractivity contribution in [1.82, 2.24) is 5.32 Å². The number of anilines is 1. The number of thiophene rings is 1. The molecule has 0 saturated carbocycles. The van der Waals surface area contributed by atoms with Crippen LogP contribution >= 0.6 is 11.3 Å². The van der Waals surface area contributed by atoms with Gasteiger partial charge in [-0.3, -0.25) is 4.79 Å². The average molecular weight is 260 g/mol. The van der Waals surface area contributed by atoms with Gasteiger partial charge in [-0.25, -0.2) is 0 Å². The Morgan fingerprint density at radius 1 is 1.33 bits per heavy atom. The minimum atomic E-state index is -0.0308. The quantitative estimate of drug-likeness (QED) is 0.867. The summed E-state index contributed by atoms with van der Waals surface area (Å²) in [4.78, 5) is 11.7. The maximum Gasteiger partial charge on any atom is 0.251 e. The molecule has 0 bridgehead atoms. The van der Waals surface area contributed by atoms with E-state index < -0.39 is 0 Å². The normalized spacial score (nSPS) is 10.1. The summed E-state index contributed by atoms with van der Waals surface area (Å²) >= 11 is 1.69. The van der Waals surface area contributed by atoms with E-state index >= 15 is 0 Å². The highest BCUT2D eigenvalue weighted by Gasteiger charge is 2.04. The molecule has 2 rings (SSSR count). The van der Waals surface area contributed by atoms with Gasteiger partial charge in [0.2, 0.25) is 0 Å². The van der Waals surface area contributed by atoms with E-state index in [9.17, 15) is 4.79 Å². The highest BCUT2D eigenvalue weighted by atomic mass is 32.1. The minimum absolute atomic E-state index is 0.0308. The van der Waals surface area contributed by atoms with Gasteiger partial charge in [0, 0.05) is 24.3 Å². The second kappa shape index (κ2) is 6.21. The first-order valence-corrected chi connectivity index (χ1v) is 6.87. The van der Waals surface area contributed by atoms with Crippen LogP contribution in [0, 0.1) is 0 Å². The minimum Gasteiger partial charge on any atom is -0.381 e. The fraction of sp³-hybridized carbons (Fsp3) is 0.214. The number of benzene rings is 1. The molecule has 0 aliphatic rings. The first-order chi connectivity index (χ1) is 8.79. The van der Waals surface area contributed by atoms with Gasteiger partial charge in [0.05, 0.1) is 0 Å². The summed E-state index contributed by atoms with van der Waals surface area (Å²) in [6.45, 7) is 3.34. The predicted octanol–water partition coefficient (Wildman–Crippen LogP) is 3.11. The van der Waals surface area contributed by atoms with Gasteiger partial charge < -0.3 is 10.6 Å². The van der Waals surface area contributed by atoms with Crippen LogP contribution in [0.25, 0.3) is 0 Å². The van der Waals surface area contributed by atoms with Crippen LogP contribution in [0.2, 0.25) is 0 Å². The third kappa shape index (κ3) is 3.34. The van der Waals surface area contributed by atoms with Crippen molar-refractivity contribution < 1.29 is 4.79 Å². The van der Waals surface area contributed by atoms with E-state index in [0.29, 0.717) is 12.1 Å². The number of rotatable bonds is 5. The Bertz CT molecular complexity index is 508. The highest BCUT2D eigenvalue weighted by molar-refractivity contribution is 7.07. The van der Waals surface area contributed by atoms with Crippen LogP contribution in [0.4, 0.5) is 5.69 Å². The van der Waals surface area contributed by atoms with Crippen LogP contribution in [-0.2, 0) is 6.54 Å². The van der Waals surface area contributed by atoms with Crippen molar-refractivity contribution in [2.24, 2.45) is 0 Å². The number of nitrogens with one attached hydrogen (secondary N) is 2. The van der Waals surface area contributed by atoms with Gasteiger partial charge in [0.25, 0.3) is 5.91 Å². The van der Waals surface area contributed by atoms with E-state index in [1.165, 1.54) is 5.56 Å². The van der Waals surface area contributed by atoms with Crippen molar-refractivity contribution in [3.63, 3.8) is 0 Å². The summed E-state index contributed by atoms with van der Waals surface area (Å²) in [6.07, 6.45) is 0. The summed E-state index contributed by atoms with van der Waals surface area (Å²) in [7, 11) is 0. The summed E-state index contributed by atoms with van der Waals surface area (Å²) in [6, 6.07) is 9.64. The van der Waals surface area contributed by atoms with E-state index in [-0.39, 0.29) is 5.91 Å². The van der Waals surface area contributed by atoms with Gasteiger partial charge in [-0.15, -0.1) is 0 Å². The summed E-state index contributed by atoms with van der Waals surface area (Å²) in [5.74, 6) is -0.0308. The van der Waals surface area contributed by atoms with Gasteiger partial charge in [-0.1, -0.05) is 6.07 Å². The molecular weight excluding hydrogens is 244 g/mol. The summed E-state index contributed by atoms with van der Waals surface area (Å²) in [5.41, 5.74) is 2.90. The molecule has 18 heavy (non-hydrogen) atoms. The molecule has 2 N–H and O–H groups in total. The maximum absolute atomic E-state index is 11.7. The smallest absolute Gasteiger partial charge is 0.251 e. The predicted molar refractivity (Wildman–Crippen MR) is 76.1 cm³/mol. The average Bonchev–Trinajstić information content (AvgIpc) is 2.90. The van der Waals surface area contributed by atoms with E-state index in [1.807, 2.05) is 31.2 Å². The molecule has 1 aromatic heterocycles. The standard InChI is InChI=1S/C14H16N2OS/c1-2-15-14(17)12-4-3-5-13(8-12)16-9-11-6-7-18-10-11/h3-8,10,16H,2,9H2,1H3,(H,15,17). The topological polar surface area (TPSA) is 41.1 Å². The molecule has 0 saturated heterocycles. The SMILES string of the molecule is CCNC(=O)c1cccc(NCc2ccsc2)c1. The molecule has 0 fully saturated rings. The molecular formula is C14H16N2OS. The zero-order valence-corrected chi connectivity index (χ0v) is 11.1. The van der Waals surface area contributed by atoms with Crippen LogP contribution in [0.5, 0.6) is 0 Å². The first kappa shape index (κ1) is 12.6. The van der Waals surface area contributed by atoms with E-state index in [2.05, 4.69) is 27.5 Å². The van der Waals surface area contributed by atoms with Crippen LogP contribution in [0.15, 0.2) is 41.1 Å². The third-order valence-corrected chi connectivity index (χ3v) is 3.27. The maximum atomic E-state index is 11.7. The molecule has 0 aliphatic carbocycles. The summed E-state index contributed by atoms with van der Waals surface area (Å²) in [5, 5.41) is 10.3. The molecule has 94 valence electrons. The first-order valence-electron chi connectivity index (χ1n) is 5.93. The third-order valence-electron chi connectivity index (χ3n) is 2.54. The molecule has 0 atom stereocenters. The number of hydrogen-bond acceptors (Lipinski definition) is 3. The second-order valence-corrected chi connectivity index (χ2v) is 4.71. The van der Waals surface area contributed by atoms with Gasteiger partial charge in [-0.2, -0.15) is 11.3 Å². The molecule has 1 heterocycles. The molecule has 2 aromatic rings. The largest absolute Gasteiger partial charge is 0.381 e. The van der Waals surface area contributed by atoms with Crippen LogP contribution in [0.1, 0.15) is 22.8 Å². The summed E-state index contributed by atoms with van der Waals surface area (Å²) < 4.78 is 0. The zero-order valence-electron chi connectivity index (χ0n) is 10.3. The number of carbonyl (C=O) groups is 1. The lowest BCUT2D eigenvalue weighted by molar-refractivity contribution is 0.0956. The Labute approximate surface area is 111 Å². The van der Waals surface area contributed by atoms with Gasteiger partial charge in [0.1, 0.15) is 0 Å². The highest BCUT2D eigenvalue weighted by Crippen LogP contribution is 2.13. The van der Waals surface area contributed by atoms with Crippen molar-refractivity contribution >= 4 is 22.9 Å². The van der Waals surface area contributed by atoms with Crippen molar-refractivity contribution in [2.75, 3.05) is 11.9 Å². The zero-order chi connectivity index (χ0) is 12.8. The molecule has 0 unspecified atom stereocenters. The lowest BCUT2D eigenvalue weighted by Gasteiger charge is -2.07. The lowest BCUT2D eigenvalue weighted by Crippen LogP contribution is -2.22. The van der Waals surface area contributed by atoms with Crippen molar-refractivity contribution in [2.45, 2.75) is 13.5 Å². The molecule has 4 heteroatoms. The lowest BCUT2D eigenvalue weighted by atomic mass is 10.2. The number of amides is 1. The molecule has 1 amide bonds.